The molecule has 4 aliphatic rings. The molecule has 0 aromatic heterocycles. The molecule has 4 rings (SSSR count). The quantitative estimate of drug-likeness (QED) is 0.417. The highest BCUT2D eigenvalue weighted by Crippen LogP contribution is 2.17. The van der Waals surface area contributed by atoms with Crippen LogP contribution in [0.3, 0.4) is 0 Å². The SMILES string of the molecule is C1CCCCC1.C1CCCCC1.C1CCCCC1.C1CCCCC1.O. The second kappa shape index (κ2) is 22.0. The summed E-state index contributed by atoms with van der Waals surface area (Å²) >= 11 is 0. The van der Waals surface area contributed by atoms with Crippen LogP contribution in [0.25, 0.3) is 0 Å². The molecule has 4 fully saturated rings. The van der Waals surface area contributed by atoms with Gasteiger partial charge in [0, 0.05) is 0 Å². The lowest BCUT2D eigenvalue weighted by molar-refractivity contribution is 0.504. The number of hydrogen-bond acceptors (Lipinski definition) is 0. The maximum Gasteiger partial charge on any atom is -0.0533 e. The molecule has 0 amide bonds. The maximum atomic E-state index is 1.50. The van der Waals surface area contributed by atoms with E-state index in [1.807, 2.05) is 0 Å². The topological polar surface area (TPSA) is 31.5 Å². The van der Waals surface area contributed by atoms with Crippen molar-refractivity contribution in [3.05, 3.63) is 0 Å². The van der Waals surface area contributed by atoms with E-state index in [1.165, 1.54) is 154 Å². The molecule has 1 nitrogen and oxygen atoms in total. The van der Waals surface area contributed by atoms with Crippen molar-refractivity contribution in [3.8, 4) is 0 Å². The van der Waals surface area contributed by atoms with Gasteiger partial charge in [-0.1, -0.05) is 154 Å². The van der Waals surface area contributed by atoms with Gasteiger partial charge in [-0.2, -0.15) is 0 Å². The average Bonchev–Trinajstić information content (AvgIpc) is 2.75. The minimum absolute atomic E-state index is 0. The summed E-state index contributed by atoms with van der Waals surface area (Å²) in [4.78, 5) is 0. The Morgan fingerprint density at radius 2 is 0.160 bits per heavy atom. The van der Waals surface area contributed by atoms with Gasteiger partial charge in [0.1, 0.15) is 0 Å². The van der Waals surface area contributed by atoms with Crippen molar-refractivity contribution in [3.63, 3.8) is 0 Å². The van der Waals surface area contributed by atoms with Crippen LogP contribution in [0, 0.1) is 0 Å². The highest BCUT2D eigenvalue weighted by Gasteiger charge is 1.97. The summed E-state index contributed by atoms with van der Waals surface area (Å²) in [6.07, 6.45) is 36.0. The van der Waals surface area contributed by atoms with Crippen LogP contribution in [0.2, 0.25) is 0 Å². The van der Waals surface area contributed by atoms with Gasteiger partial charge >= 0.3 is 0 Å². The lowest BCUT2D eigenvalue weighted by Gasteiger charge is -2.05. The van der Waals surface area contributed by atoms with Gasteiger partial charge in [-0.25, -0.2) is 0 Å². The first-order valence-corrected chi connectivity index (χ1v) is 12.0. The first kappa shape index (κ1) is 25.0. The van der Waals surface area contributed by atoms with E-state index in [-0.39, 0.29) is 5.48 Å². The highest BCUT2D eigenvalue weighted by molar-refractivity contribution is 4.52. The van der Waals surface area contributed by atoms with Gasteiger partial charge in [0.25, 0.3) is 0 Å². The van der Waals surface area contributed by atoms with E-state index in [0.29, 0.717) is 0 Å². The Hall–Kier alpha value is -0.0400. The van der Waals surface area contributed by atoms with Gasteiger partial charge in [-0.3, -0.25) is 0 Å². The Bertz CT molecular complexity index is 116. The molecular weight excluding hydrogens is 304 g/mol. The van der Waals surface area contributed by atoms with E-state index in [2.05, 4.69) is 0 Å². The van der Waals surface area contributed by atoms with E-state index in [0.717, 1.165) is 0 Å². The third kappa shape index (κ3) is 20.1. The fourth-order valence-electron chi connectivity index (χ4n) is 4.24. The minimum atomic E-state index is 0. The lowest BCUT2D eigenvalue weighted by atomic mass is 10.0. The first-order chi connectivity index (χ1) is 12.0. The third-order valence-corrected chi connectivity index (χ3v) is 6.00. The van der Waals surface area contributed by atoms with Gasteiger partial charge < -0.3 is 5.48 Å². The first-order valence-electron chi connectivity index (χ1n) is 12.0. The zero-order valence-corrected chi connectivity index (χ0v) is 17.5. The van der Waals surface area contributed by atoms with Gasteiger partial charge in [-0.15, -0.1) is 0 Å². The molecule has 2 N–H and O–H groups in total. The molecule has 0 radical (unpaired) electrons. The molecule has 4 aliphatic carbocycles. The highest BCUT2D eigenvalue weighted by atomic mass is 16.0. The predicted molar refractivity (Wildman–Crippen MR) is 114 cm³/mol. The lowest BCUT2D eigenvalue weighted by Crippen LogP contribution is -1.85. The predicted octanol–water partition coefficient (Wildman–Crippen LogP) is 8.54. The second-order valence-electron chi connectivity index (χ2n) is 8.49. The molecule has 0 saturated heterocycles. The Morgan fingerprint density at radius 1 is 0.120 bits per heavy atom. The molecule has 1 heteroatoms. The van der Waals surface area contributed by atoms with Crippen molar-refractivity contribution in [1.82, 2.24) is 0 Å². The average molecular weight is 355 g/mol. The maximum absolute atomic E-state index is 1.50. The van der Waals surface area contributed by atoms with E-state index in [9.17, 15) is 0 Å². The fourth-order valence-corrected chi connectivity index (χ4v) is 4.24. The number of hydrogen-bond donors (Lipinski definition) is 0. The zero-order valence-electron chi connectivity index (χ0n) is 17.5. The summed E-state index contributed by atoms with van der Waals surface area (Å²) in [6.45, 7) is 0. The largest absolute Gasteiger partial charge is 0.412 e. The zero-order chi connectivity index (χ0) is 17.0. The van der Waals surface area contributed by atoms with Crippen LogP contribution in [-0.4, -0.2) is 5.48 Å². The van der Waals surface area contributed by atoms with Crippen molar-refractivity contribution in [2.24, 2.45) is 0 Å². The van der Waals surface area contributed by atoms with Crippen LogP contribution in [0.15, 0.2) is 0 Å². The summed E-state index contributed by atoms with van der Waals surface area (Å²) in [5.41, 5.74) is 0. The van der Waals surface area contributed by atoms with Crippen LogP contribution in [0.5, 0.6) is 0 Å². The smallest absolute Gasteiger partial charge is 0.0533 e. The monoisotopic (exact) mass is 354 g/mol. The molecule has 0 aromatic carbocycles. The molecule has 0 heterocycles. The summed E-state index contributed by atoms with van der Waals surface area (Å²) < 4.78 is 0. The van der Waals surface area contributed by atoms with Crippen molar-refractivity contribution in [2.45, 2.75) is 154 Å². The summed E-state index contributed by atoms with van der Waals surface area (Å²) in [5.74, 6) is 0. The Labute approximate surface area is 160 Å². The minimum Gasteiger partial charge on any atom is -0.412 e. The summed E-state index contributed by atoms with van der Waals surface area (Å²) in [6, 6.07) is 0. The van der Waals surface area contributed by atoms with E-state index < -0.39 is 0 Å². The molecule has 0 atom stereocenters. The van der Waals surface area contributed by atoms with E-state index in [4.69, 9.17) is 0 Å². The van der Waals surface area contributed by atoms with Crippen LogP contribution in [-0.2, 0) is 0 Å². The second-order valence-corrected chi connectivity index (χ2v) is 8.49. The van der Waals surface area contributed by atoms with Crippen LogP contribution in [0.1, 0.15) is 154 Å². The molecule has 4 saturated carbocycles. The molecule has 0 unspecified atom stereocenters. The van der Waals surface area contributed by atoms with E-state index >= 15 is 0 Å². The van der Waals surface area contributed by atoms with Crippen LogP contribution >= 0.6 is 0 Å². The van der Waals surface area contributed by atoms with Gasteiger partial charge in [0.15, 0.2) is 0 Å². The Balaban J connectivity index is 0.000000303. The number of rotatable bonds is 0. The van der Waals surface area contributed by atoms with Gasteiger partial charge in [0.05, 0.1) is 0 Å². The van der Waals surface area contributed by atoms with Crippen molar-refractivity contribution >= 4 is 0 Å². The molecule has 25 heavy (non-hydrogen) atoms. The van der Waals surface area contributed by atoms with Crippen molar-refractivity contribution < 1.29 is 5.48 Å². The standard InChI is InChI=1S/4C6H12.H2O/c4*1-2-4-6-5-3-1;/h4*1-6H2;1H2. The molecular formula is C24H50O. The molecule has 0 spiro atoms. The van der Waals surface area contributed by atoms with Crippen LogP contribution in [0.4, 0.5) is 0 Å². The summed E-state index contributed by atoms with van der Waals surface area (Å²) in [7, 11) is 0. The van der Waals surface area contributed by atoms with Crippen LogP contribution < -0.4 is 0 Å². The Morgan fingerprint density at radius 3 is 0.200 bits per heavy atom. The molecule has 0 aromatic rings. The van der Waals surface area contributed by atoms with Crippen molar-refractivity contribution in [2.75, 3.05) is 0 Å². The molecule has 0 bridgehead atoms. The van der Waals surface area contributed by atoms with Crippen molar-refractivity contribution in [1.29, 1.82) is 0 Å². The molecule has 0 aliphatic heterocycles. The summed E-state index contributed by atoms with van der Waals surface area (Å²) in [5, 5.41) is 0. The Kier molecular flexibility index (Phi) is 22.0. The van der Waals surface area contributed by atoms with Gasteiger partial charge in [-0.05, 0) is 0 Å². The van der Waals surface area contributed by atoms with E-state index in [1.54, 1.807) is 0 Å². The third-order valence-electron chi connectivity index (χ3n) is 6.00. The van der Waals surface area contributed by atoms with Gasteiger partial charge in [0.2, 0.25) is 0 Å². The molecule has 152 valence electrons. The normalized spacial score (nSPS) is 23.0. The fraction of sp³-hybridized carbons (Fsp3) is 1.00.